The molecule has 0 heterocycles. The van der Waals surface area contributed by atoms with E-state index in [9.17, 15) is 4.55 Å². The molecule has 0 rings (SSSR count). The first-order valence-corrected chi connectivity index (χ1v) is 10.9. The molecule has 0 fully saturated rings. The molecule has 0 bridgehead atoms. The maximum absolute atomic E-state index is 12.1. The van der Waals surface area contributed by atoms with Gasteiger partial charge in [-0.05, 0) is 20.8 Å². The zero-order valence-corrected chi connectivity index (χ0v) is 14.5. The second kappa shape index (κ2) is 7.56. The minimum absolute atomic E-state index is 0.0586. The Morgan fingerprint density at radius 1 is 1.33 bits per heavy atom. The molecule has 0 aliphatic carbocycles. The standard InChI is InChI=1S/C13H27NO2SSi/c1-13(2,3)17(15)14-12(8-10-16-4)9-11-18(5,6)7/h12,14H,8,10H2,1-7H3/t12-,17?/m1/s1. The van der Waals surface area contributed by atoms with Crippen LogP contribution in [0.25, 0.3) is 0 Å². The van der Waals surface area contributed by atoms with Crippen molar-refractivity contribution < 1.29 is 9.29 Å². The number of ether oxygens (including phenoxy) is 1. The molecule has 1 unspecified atom stereocenters. The van der Waals surface area contributed by atoms with E-state index in [1.165, 1.54) is 0 Å². The lowest BCUT2D eigenvalue weighted by molar-refractivity contribution is 0.191. The van der Waals surface area contributed by atoms with Crippen molar-refractivity contribution >= 4 is 19.4 Å². The summed E-state index contributed by atoms with van der Waals surface area (Å²) in [5, 5.41) is 0. The lowest BCUT2D eigenvalue weighted by Gasteiger charge is -2.26. The van der Waals surface area contributed by atoms with E-state index in [-0.39, 0.29) is 10.8 Å². The van der Waals surface area contributed by atoms with Gasteiger partial charge in [0.1, 0.15) is 18.9 Å². The fraction of sp³-hybridized carbons (Fsp3) is 0.846. The molecule has 1 N–H and O–H groups in total. The van der Waals surface area contributed by atoms with Gasteiger partial charge in [-0.25, -0.2) is 0 Å². The Morgan fingerprint density at radius 2 is 1.89 bits per heavy atom. The molecule has 0 amide bonds. The van der Waals surface area contributed by atoms with Crippen LogP contribution in [0.4, 0.5) is 0 Å². The van der Waals surface area contributed by atoms with Crippen molar-refractivity contribution in [2.45, 2.75) is 57.6 Å². The summed E-state index contributed by atoms with van der Waals surface area (Å²) in [6.45, 7) is 13.1. The third-order valence-electron chi connectivity index (χ3n) is 2.04. The molecular formula is C13H27NO2SSi. The van der Waals surface area contributed by atoms with E-state index in [1.807, 2.05) is 20.8 Å². The van der Waals surface area contributed by atoms with Crippen molar-refractivity contribution in [3.05, 3.63) is 0 Å². The topological polar surface area (TPSA) is 44.3 Å². The summed E-state index contributed by atoms with van der Waals surface area (Å²) in [5.41, 5.74) is 3.32. The molecule has 0 spiro atoms. The molecule has 106 valence electrons. The summed E-state index contributed by atoms with van der Waals surface area (Å²) in [4.78, 5) is 0. The third kappa shape index (κ3) is 9.01. The molecule has 0 aliphatic heterocycles. The molecule has 0 radical (unpaired) electrons. The average molecular weight is 290 g/mol. The van der Waals surface area contributed by atoms with Gasteiger partial charge < -0.3 is 9.29 Å². The van der Waals surface area contributed by atoms with Gasteiger partial charge in [-0.2, -0.15) is 0 Å². The number of rotatable bonds is 5. The van der Waals surface area contributed by atoms with Crippen molar-refractivity contribution in [1.82, 2.24) is 4.72 Å². The third-order valence-corrected chi connectivity index (χ3v) is 4.54. The summed E-state index contributed by atoms with van der Waals surface area (Å²) in [5.74, 6) is 3.23. The van der Waals surface area contributed by atoms with Gasteiger partial charge in [0.25, 0.3) is 0 Å². The molecule has 0 aromatic carbocycles. The maximum atomic E-state index is 12.1. The Morgan fingerprint density at radius 3 is 2.28 bits per heavy atom. The summed E-state index contributed by atoms with van der Waals surface area (Å²) in [6, 6.07) is -0.0586. The molecule has 0 aliphatic rings. The van der Waals surface area contributed by atoms with Gasteiger partial charge in [-0.3, -0.25) is 0 Å². The second-order valence-electron chi connectivity index (χ2n) is 6.35. The lowest BCUT2D eigenvalue weighted by Crippen LogP contribution is -2.44. The van der Waals surface area contributed by atoms with Crippen molar-refractivity contribution in [3.8, 4) is 11.5 Å². The van der Waals surface area contributed by atoms with Crippen LogP contribution in [0.15, 0.2) is 0 Å². The zero-order valence-electron chi connectivity index (χ0n) is 12.7. The van der Waals surface area contributed by atoms with Crippen LogP contribution in [-0.2, 0) is 16.1 Å². The molecule has 3 nitrogen and oxygen atoms in total. The smallest absolute Gasteiger partial charge is 0.136 e. The highest BCUT2D eigenvalue weighted by molar-refractivity contribution is 7.90. The van der Waals surface area contributed by atoms with Crippen LogP contribution >= 0.6 is 0 Å². The van der Waals surface area contributed by atoms with Crippen molar-refractivity contribution in [2.75, 3.05) is 13.7 Å². The molecule has 0 saturated heterocycles. The second-order valence-corrected chi connectivity index (χ2v) is 13.1. The molecule has 0 saturated carbocycles. The maximum Gasteiger partial charge on any atom is 0.136 e. The predicted octanol–water partition coefficient (Wildman–Crippen LogP) is 2.32. The van der Waals surface area contributed by atoms with Crippen LogP contribution in [0, 0.1) is 11.5 Å². The largest absolute Gasteiger partial charge is 0.598 e. The first-order valence-electron chi connectivity index (χ1n) is 6.26. The number of nitrogens with one attached hydrogen (secondary N) is 1. The van der Waals surface area contributed by atoms with Crippen LogP contribution in [0.2, 0.25) is 19.6 Å². The van der Waals surface area contributed by atoms with E-state index in [1.54, 1.807) is 7.11 Å². The number of hydrogen-bond donors (Lipinski definition) is 1. The van der Waals surface area contributed by atoms with Crippen LogP contribution in [-0.4, -0.2) is 37.1 Å². The van der Waals surface area contributed by atoms with Crippen molar-refractivity contribution in [3.63, 3.8) is 0 Å². The minimum Gasteiger partial charge on any atom is -0.598 e. The van der Waals surface area contributed by atoms with E-state index in [4.69, 9.17) is 4.74 Å². The highest BCUT2D eigenvalue weighted by Gasteiger charge is 2.28. The summed E-state index contributed by atoms with van der Waals surface area (Å²) < 4.78 is 20.0. The zero-order chi connectivity index (χ0) is 14.4. The van der Waals surface area contributed by atoms with Gasteiger partial charge in [0.05, 0.1) is 0 Å². The minimum atomic E-state index is -1.40. The Hall–Kier alpha value is 0.00688. The molecular weight excluding hydrogens is 262 g/mol. The number of methoxy groups -OCH3 is 1. The van der Waals surface area contributed by atoms with Gasteiger partial charge in [0.15, 0.2) is 0 Å². The molecule has 0 aromatic rings. The van der Waals surface area contributed by atoms with Crippen LogP contribution < -0.4 is 4.72 Å². The summed E-state index contributed by atoms with van der Waals surface area (Å²) in [7, 11) is 0.273. The first kappa shape index (κ1) is 18.0. The Balaban J connectivity index is 4.63. The van der Waals surface area contributed by atoms with Gasteiger partial charge in [-0.1, -0.05) is 25.6 Å². The monoisotopic (exact) mass is 289 g/mol. The van der Waals surface area contributed by atoms with E-state index in [2.05, 4.69) is 35.8 Å². The highest BCUT2D eigenvalue weighted by atomic mass is 32.2. The van der Waals surface area contributed by atoms with E-state index in [0.29, 0.717) is 6.61 Å². The summed E-state index contributed by atoms with van der Waals surface area (Å²) >= 11 is -1.09. The van der Waals surface area contributed by atoms with E-state index >= 15 is 0 Å². The normalized spacial score (nSPS) is 15.8. The van der Waals surface area contributed by atoms with E-state index in [0.717, 1.165) is 6.42 Å². The van der Waals surface area contributed by atoms with Gasteiger partial charge in [-0.15, -0.1) is 10.3 Å². The quantitative estimate of drug-likeness (QED) is 0.480. The van der Waals surface area contributed by atoms with Gasteiger partial charge in [0, 0.05) is 31.5 Å². The Labute approximate surface area is 116 Å². The van der Waals surface area contributed by atoms with Crippen LogP contribution in [0.3, 0.4) is 0 Å². The Bertz CT molecular complexity index is 299. The average Bonchev–Trinajstić information content (AvgIpc) is 2.19. The summed E-state index contributed by atoms with van der Waals surface area (Å²) in [6.07, 6.45) is 0.760. The van der Waals surface area contributed by atoms with Crippen LogP contribution in [0.1, 0.15) is 27.2 Å². The Kier molecular flexibility index (Phi) is 7.56. The van der Waals surface area contributed by atoms with Gasteiger partial charge in [0.2, 0.25) is 0 Å². The van der Waals surface area contributed by atoms with Crippen LogP contribution in [0.5, 0.6) is 0 Å². The first-order chi connectivity index (χ1) is 8.06. The number of hydrogen-bond acceptors (Lipinski definition) is 3. The lowest BCUT2D eigenvalue weighted by atomic mass is 10.2. The fourth-order valence-corrected chi connectivity index (χ4v) is 2.40. The SMILES string of the molecule is COCC[C@H](C#C[Si](C)(C)C)N[S+]([O-])C(C)(C)C. The highest BCUT2D eigenvalue weighted by Crippen LogP contribution is 2.14. The molecule has 0 aromatic heterocycles. The van der Waals surface area contributed by atoms with E-state index < -0.39 is 19.4 Å². The van der Waals surface area contributed by atoms with Gasteiger partial charge >= 0.3 is 0 Å². The van der Waals surface area contributed by atoms with Crippen molar-refractivity contribution in [2.24, 2.45) is 0 Å². The fourth-order valence-electron chi connectivity index (χ4n) is 1.01. The molecule has 2 atom stereocenters. The molecule has 5 heteroatoms. The predicted molar refractivity (Wildman–Crippen MR) is 82.4 cm³/mol. The molecule has 18 heavy (non-hydrogen) atoms. The van der Waals surface area contributed by atoms with Crippen molar-refractivity contribution in [1.29, 1.82) is 0 Å².